The van der Waals surface area contributed by atoms with Gasteiger partial charge >= 0.3 is 0 Å². The Bertz CT molecular complexity index is 522. The summed E-state index contributed by atoms with van der Waals surface area (Å²) in [5.41, 5.74) is 0.891. The van der Waals surface area contributed by atoms with Crippen LogP contribution >= 0.6 is 34.8 Å². The number of nitrogens with one attached hydrogen (secondary N) is 1. The van der Waals surface area contributed by atoms with Gasteiger partial charge in [0.15, 0.2) is 5.37 Å². The first-order valence-electron chi connectivity index (χ1n) is 4.76. The maximum atomic E-state index is 12.2. The van der Waals surface area contributed by atoms with Crippen molar-refractivity contribution < 1.29 is 13.2 Å². The zero-order valence-electron chi connectivity index (χ0n) is 9.23. The van der Waals surface area contributed by atoms with E-state index in [2.05, 4.69) is 0 Å². The molecule has 1 amide bonds. The Morgan fingerprint density at radius 1 is 1.22 bits per heavy atom. The molecule has 0 aromatic heterocycles. The van der Waals surface area contributed by atoms with Crippen LogP contribution in [0.2, 0.25) is 0 Å². The van der Waals surface area contributed by atoms with Gasteiger partial charge in [-0.15, -0.1) is 0 Å². The Kier molecular flexibility index (Phi) is 4.89. The number of carbonyl (C=O) groups is 1. The summed E-state index contributed by atoms with van der Waals surface area (Å²) in [5, 5.41) is 0.368. The highest BCUT2D eigenvalue weighted by Gasteiger charge is 2.43. The Balaban J connectivity index is 3.25. The Morgan fingerprint density at radius 2 is 1.72 bits per heavy atom. The fourth-order valence-electron chi connectivity index (χ4n) is 1.29. The van der Waals surface area contributed by atoms with Crippen LogP contribution in [-0.2, 0) is 14.6 Å². The molecule has 0 saturated heterocycles. The molecule has 0 aliphatic carbocycles. The van der Waals surface area contributed by atoms with Crippen LogP contribution in [0.3, 0.4) is 0 Å². The predicted molar refractivity (Wildman–Crippen MR) is 71.6 cm³/mol. The molecule has 0 fully saturated rings. The molecule has 1 aromatic rings. The summed E-state index contributed by atoms with van der Waals surface area (Å²) in [6, 6.07) is 6.01. The molecule has 1 N–H and O–H groups in total. The van der Waals surface area contributed by atoms with Gasteiger partial charge in [0.25, 0.3) is 0 Å². The normalized spacial score (nSPS) is 14.0. The lowest BCUT2D eigenvalue weighted by atomic mass is 10.2. The molecule has 0 heterocycles. The van der Waals surface area contributed by atoms with Gasteiger partial charge in [-0.3, -0.25) is 4.79 Å². The fraction of sp³-hybridized carbons (Fsp3) is 0.300. The van der Waals surface area contributed by atoms with Crippen LogP contribution in [0.4, 0.5) is 0 Å². The van der Waals surface area contributed by atoms with E-state index >= 15 is 0 Å². The molecule has 100 valence electrons. The first kappa shape index (κ1) is 15.6. The zero-order chi connectivity index (χ0) is 14.0. The third kappa shape index (κ3) is 3.51. The second kappa shape index (κ2) is 5.65. The van der Waals surface area contributed by atoms with Crippen LogP contribution in [0.1, 0.15) is 5.56 Å². The number of rotatable bonds is 4. The SMILES string of the molecule is Cc1ccc(S(=O)(=O)[C@H](NC=O)C(Cl)(Cl)Cl)cc1. The summed E-state index contributed by atoms with van der Waals surface area (Å²) >= 11 is 16.7. The number of aryl methyl sites for hydroxylation is 1. The van der Waals surface area contributed by atoms with Crippen molar-refractivity contribution in [1.82, 2.24) is 5.32 Å². The van der Waals surface area contributed by atoms with Crippen molar-refractivity contribution in [3.05, 3.63) is 29.8 Å². The van der Waals surface area contributed by atoms with Gasteiger partial charge in [-0.2, -0.15) is 0 Å². The minimum atomic E-state index is -3.98. The van der Waals surface area contributed by atoms with Gasteiger partial charge in [0.05, 0.1) is 4.90 Å². The molecule has 18 heavy (non-hydrogen) atoms. The van der Waals surface area contributed by atoms with Gasteiger partial charge in [-0.05, 0) is 19.1 Å². The van der Waals surface area contributed by atoms with E-state index in [4.69, 9.17) is 34.8 Å². The van der Waals surface area contributed by atoms with Gasteiger partial charge < -0.3 is 5.32 Å². The molecule has 0 unspecified atom stereocenters. The van der Waals surface area contributed by atoms with Crippen molar-refractivity contribution >= 4 is 51.1 Å². The van der Waals surface area contributed by atoms with Crippen LogP contribution in [-0.4, -0.2) is 24.0 Å². The molecule has 0 bridgehead atoms. The number of alkyl halides is 3. The molecule has 0 aliphatic rings. The van der Waals surface area contributed by atoms with Crippen molar-refractivity contribution in [3.8, 4) is 0 Å². The summed E-state index contributed by atoms with van der Waals surface area (Å²) in [4.78, 5) is 10.4. The highest BCUT2D eigenvalue weighted by molar-refractivity contribution is 7.92. The van der Waals surface area contributed by atoms with Crippen molar-refractivity contribution in [1.29, 1.82) is 0 Å². The third-order valence-electron chi connectivity index (χ3n) is 2.18. The van der Waals surface area contributed by atoms with Gasteiger partial charge in [0.1, 0.15) is 0 Å². The molecule has 8 heteroatoms. The molecule has 0 saturated carbocycles. The maximum Gasteiger partial charge on any atom is 0.225 e. The largest absolute Gasteiger partial charge is 0.338 e. The minimum absolute atomic E-state index is 0.0289. The van der Waals surface area contributed by atoms with Crippen LogP contribution in [0.5, 0.6) is 0 Å². The maximum absolute atomic E-state index is 12.2. The first-order chi connectivity index (χ1) is 8.19. The number of benzene rings is 1. The van der Waals surface area contributed by atoms with E-state index in [1.165, 1.54) is 12.1 Å². The average Bonchev–Trinajstić information content (AvgIpc) is 2.24. The van der Waals surface area contributed by atoms with Crippen molar-refractivity contribution in [3.63, 3.8) is 0 Å². The molecule has 0 radical (unpaired) electrons. The van der Waals surface area contributed by atoms with Crippen molar-refractivity contribution in [2.75, 3.05) is 0 Å². The van der Waals surface area contributed by atoms with Crippen LogP contribution < -0.4 is 5.32 Å². The molecule has 4 nitrogen and oxygen atoms in total. The summed E-state index contributed by atoms with van der Waals surface area (Å²) in [6.45, 7) is 1.81. The highest BCUT2D eigenvalue weighted by Crippen LogP contribution is 2.35. The lowest BCUT2D eigenvalue weighted by Gasteiger charge is -2.23. The van der Waals surface area contributed by atoms with E-state index < -0.39 is 19.0 Å². The number of sulfone groups is 1. The van der Waals surface area contributed by atoms with Crippen LogP contribution in [0.15, 0.2) is 29.2 Å². The second-order valence-corrected chi connectivity index (χ2v) is 7.97. The van der Waals surface area contributed by atoms with Gasteiger partial charge in [0, 0.05) is 0 Å². The van der Waals surface area contributed by atoms with Crippen molar-refractivity contribution in [2.24, 2.45) is 0 Å². The predicted octanol–water partition coefficient (Wildman–Crippen LogP) is 2.21. The number of carbonyl (C=O) groups excluding carboxylic acids is 1. The summed E-state index contributed by atoms with van der Waals surface area (Å²) in [7, 11) is -3.98. The quantitative estimate of drug-likeness (QED) is 0.680. The number of hydrogen-bond donors (Lipinski definition) is 1. The third-order valence-corrected chi connectivity index (χ3v) is 5.26. The Labute approximate surface area is 120 Å². The summed E-state index contributed by atoms with van der Waals surface area (Å²) in [5.74, 6) is 0. The standard InChI is InChI=1S/C10H10Cl3NO3S/c1-7-2-4-8(5-3-7)18(16,17)9(14-6-15)10(11,12)13/h2-6,9H,1H3,(H,14,15)/t9-/m0/s1. The number of amides is 1. The zero-order valence-corrected chi connectivity index (χ0v) is 12.3. The average molecular weight is 331 g/mol. The molecule has 1 rings (SSSR count). The minimum Gasteiger partial charge on any atom is -0.338 e. The van der Waals surface area contributed by atoms with Crippen molar-refractivity contribution in [2.45, 2.75) is 21.0 Å². The first-order valence-corrected chi connectivity index (χ1v) is 7.44. The van der Waals surface area contributed by atoms with E-state index in [0.29, 0.717) is 0 Å². The van der Waals surface area contributed by atoms with E-state index in [0.717, 1.165) is 5.56 Å². The smallest absolute Gasteiger partial charge is 0.225 e. The fourth-order valence-corrected chi connectivity index (χ4v) is 3.90. The van der Waals surface area contributed by atoms with Crippen LogP contribution in [0, 0.1) is 6.92 Å². The van der Waals surface area contributed by atoms with Gasteiger partial charge in [0.2, 0.25) is 20.0 Å². The lowest BCUT2D eigenvalue weighted by Crippen LogP contribution is -2.45. The molecular weight excluding hydrogens is 321 g/mol. The molecule has 1 aromatic carbocycles. The highest BCUT2D eigenvalue weighted by atomic mass is 35.6. The Hall–Kier alpha value is -0.490. The van der Waals surface area contributed by atoms with Gasteiger partial charge in [-0.1, -0.05) is 52.5 Å². The lowest BCUT2D eigenvalue weighted by molar-refractivity contribution is -0.109. The van der Waals surface area contributed by atoms with E-state index in [-0.39, 0.29) is 11.3 Å². The van der Waals surface area contributed by atoms with E-state index in [1.54, 1.807) is 12.1 Å². The van der Waals surface area contributed by atoms with E-state index in [9.17, 15) is 13.2 Å². The Morgan fingerprint density at radius 3 is 2.11 bits per heavy atom. The molecule has 0 aliphatic heterocycles. The monoisotopic (exact) mass is 329 g/mol. The number of hydrogen-bond acceptors (Lipinski definition) is 3. The molecule has 1 atom stereocenters. The number of halogens is 3. The van der Waals surface area contributed by atoms with Crippen LogP contribution in [0.25, 0.3) is 0 Å². The van der Waals surface area contributed by atoms with E-state index in [1.807, 2.05) is 12.2 Å². The molecular formula is C10H10Cl3NO3S. The topological polar surface area (TPSA) is 63.2 Å². The summed E-state index contributed by atoms with van der Waals surface area (Å²) in [6.07, 6.45) is 0.179. The summed E-state index contributed by atoms with van der Waals surface area (Å²) < 4.78 is 22.2. The molecule has 0 spiro atoms. The van der Waals surface area contributed by atoms with Gasteiger partial charge in [-0.25, -0.2) is 8.42 Å². The second-order valence-electron chi connectivity index (χ2n) is 3.56.